The third-order valence-electron chi connectivity index (χ3n) is 1.89. The first-order valence-corrected chi connectivity index (χ1v) is 5.93. The number of amides is 1. The number of thioether (sulfide) groups is 1. The third-order valence-corrected chi connectivity index (χ3v) is 2.83. The SMILES string of the molecule is C=CCSCC(=O)Nc1ccccc1C. The Hall–Kier alpha value is -1.22. The van der Waals surface area contributed by atoms with Crippen LogP contribution in [0.25, 0.3) is 0 Å². The number of benzene rings is 1. The predicted octanol–water partition coefficient (Wildman–Crippen LogP) is 2.85. The van der Waals surface area contributed by atoms with Crippen LogP contribution in [-0.4, -0.2) is 17.4 Å². The molecule has 3 heteroatoms. The van der Waals surface area contributed by atoms with Crippen LogP contribution in [0.2, 0.25) is 0 Å². The molecule has 0 aromatic heterocycles. The Bertz CT molecular complexity index is 349. The Balaban J connectivity index is 2.44. The van der Waals surface area contributed by atoms with E-state index < -0.39 is 0 Å². The maximum absolute atomic E-state index is 11.5. The van der Waals surface area contributed by atoms with Crippen molar-refractivity contribution >= 4 is 23.4 Å². The molecule has 0 unspecified atom stereocenters. The highest BCUT2D eigenvalue weighted by molar-refractivity contribution is 8.00. The van der Waals surface area contributed by atoms with Gasteiger partial charge in [-0.1, -0.05) is 24.3 Å². The molecule has 1 N–H and O–H groups in total. The molecule has 0 spiro atoms. The predicted molar refractivity (Wildman–Crippen MR) is 67.3 cm³/mol. The quantitative estimate of drug-likeness (QED) is 0.612. The highest BCUT2D eigenvalue weighted by atomic mass is 32.2. The summed E-state index contributed by atoms with van der Waals surface area (Å²) in [4.78, 5) is 11.5. The van der Waals surface area contributed by atoms with Gasteiger partial charge in [-0.25, -0.2) is 0 Å². The highest BCUT2D eigenvalue weighted by Crippen LogP contribution is 2.13. The van der Waals surface area contributed by atoms with Gasteiger partial charge in [-0.05, 0) is 18.6 Å². The molecule has 0 aliphatic carbocycles. The zero-order valence-electron chi connectivity index (χ0n) is 8.82. The topological polar surface area (TPSA) is 29.1 Å². The molecule has 80 valence electrons. The fourth-order valence-electron chi connectivity index (χ4n) is 1.13. The van der Waals surface area contributed by atoms with Crippen LogP contribution < -0.4 is 5.32 Å². The second-order valence-corrected chi connectivity index (χ2v) is 4.20. The first-order chi connectivity index (χ1) is 7.24. The Morgan fingerprint density at radius 1 is 1.53 bits per heavy atom. The molecule has 2 nitrogen and oxygen atoms in total. The fraction of sp³-hybridized carbons (Fsp3) is 0.250. The van der Waals surface area contributed by atoms with Gasteiger partial charge in [-0.3, -0.25) is 4.79 Å². The van der Waals surface area contributed by atoms with E-state index >= 15 is 0 Å². The van der Waals surface area contributed by atoms with E-state index in [1.165, 1.54) is 0 Å². The monoisotopic (exact) mass is 221 g/mol. The summed E-state index contributed by atoms with van der Waals surface area (Å²) in [6, 6.07) is 7.76. The van der Waals surface area contributed by atoms with E-state index in [4.69, 9.17) is 0 Å². The molecule has 1 rings (SSSR count). The zero-order chi connectivity index (χ0) is 11.1. The molecule has 1 aromatic rings. The van der Waals surface area contributed by atoms with Crippen LogP contribution in [0.5, 0.6) is 0 Å². The summed E-state index contributed by atoms with van der Waals surface area (Å²) in [6.07, 6.45) is 1.80. The molecule has 0 fully saturated rings. The van der Waals surface area contributed by atoms with Gasteiger partial charge in [0, 0.05) is 11.4 Å². The largest absolute Gasteiger partial charge is 0.325 e. The number of para-hydroxylation sites is 1. The molecule has 15 heavy (non-hydrogen) atoms. The lowest BCUT2D eigenvalue weighted by Gasteiger charge is -2.07. The fourth-order valence-corrected chi connectivity index (χ4v) is 1.68. The van der Waals surface area contributed by atoms with E-state index in [1.807, 2.05) is 31.2 Å². The maximum Gasteiger partial charge on any atom is 0.234 e. The minimum atomic E-state index is 0.0381. The van der Waals surface area contributed by atoms with Crippen molar-refractivity contribution in [2.45, 2.75) is 6.92 Å². The molecule has 1 amide bonds. The van der Waals surface area contributed by atoms with Gasteiger partial charge in [-0.2, -0.15) is 0 Å². The standard InChI is InChI=1S/C12H15NOS/c1-3-8-15-9-12(14)13-11-7-5-4-6-10(11)2/h3-7H,1,8-9H2,2H3,(H,13,14). The van der Waals surface area contributed by atoms with Crippen LogP contribution in [0.1, 0.15) is 5.56 Å². The van der Waals surface area contributed by atoms with Crippen molar-refractivity contribution in [1.82, 2.24) is 0 Å². The number of carbonyl (C=O) groups is 1. The van der Waals surface area contributed by atoms with Crippen molar-refractivity contribution in [3.63, 3.8) is 0 Å². The molecule has 1 aromatic carbocycles. The molecule has 0 aliphatic heterocycles. The Morgan fingerprint density at radius 3 is 2.93 bits per heavy atom. The maximum atomic E-state index is 11.5. The van der Waals surface area contributed by atoms with Crippen LogP contribution in [0.4, 0.5) is 5.69 Å². The normalized spacial score (nSPS) is 9.67. The van der Waals surface area contributed by atoms with Crippen LogP contribution in [0.3, 0.4) is 0 Å². The Morgan fingerprint density at radius 2 is 2.27 bits per heavy atom. The van der Waals surface area contributed by atoms with E-state index in [1.54, 1.807) is 17.8 Å². The average Bonchev–Trinajstić information content (AvgIpc) is 2.22. The number of rotatable bonds is 5. The Labute approximate surface area is 94.8 Å². The van der Waals surface area contributed by atoms with Crippen LogP contribution in [0.15, 0.2) is 36.9 Å². The highest BCUT2D eigenvalue weighted by Gasteiger charge is 2.03. The first-order valence-electron chi connectivity index (χ1n) is 4.78. The summed E-state index contributed by atoms with van der Waals surface area (Å²) < 4.78 is 0. The van der Waals surface area contributed by atoms with E-state index in [2.05, 4.69) is 11.9 Å². The smallest absolute Gasteiger partial charge is 0.234 e. The minimum absolute atomic E-state index is 0.0381. The van der Waals surface area contributed by atoms with Crippen molar-refractivity contribution < 1.29 is 4.79 Å². The van der Waals surface area contributed by atoms with Crippen molar-refractivity contribution in [2.24, 2.45) is 0 Å². The van der Waals surface area contributed by atoms with Crippen LogP contribution in [-0.2, 0) is 4.79 Å². The van der Waals surface area contributed by atoms with Gasteiger partial charge in [0.05, 0.1) is 5.75 Å². The summed E-state index contributed by atoms with van der Waals surface area (Å²) in [5, 5.41) is 2.88. The van der Waals surface area contributed by atoms with E-state index in [-0.39, 0.29) is 5.91 Å². The second kappa shape index (κ2) is 6.30. The van der Waals surface area contributed by atoms with Gasteiger partial charge in [-0.15, -0.1) is 18.3 Å². The van der Waals surface area contributed by atoms with Crippen molar-refractivity contribution in [3.8, 4) is 0 Å². The molecule has 0 atom stereocenters. The van der Waals surface area contributed by atoms with Gasteiger partial charge in [0.1, 0.15) is 0 Å². The van der Waals surface area contributed by atoms with E-state index in [9.17, 15) is 4.79 Å². The molecule has 0 aliphatic rings. The lowest BCUT2D eigenvalue weighted by molar-refractivity contribution is -0.113. The van der Waals surface area contributed by atoms with Crippen molar-refractivity contribution in [1.29, 1.82) is 0 Å². The van der Waals surface area contributed by atoms with Gasteiger partial charge < -0.3 is 5.32 Å². The molecule has 0 bridgehead atoms. The lowest BCUT2D eigenvalue weighted by atomic mass is 10.2. The summed E-state index contributed by atoms with van der Waals surface area (Å²) in [5.74, 6) is 1.32. The van der Waals surface area contributed by atoms with Crippen LogP contribution >= 0.6 is 11.8 Å². The van der Waals surface area contributed by atoms with E-state index in [0.717, 1.165) is 17.0 Å². The number of anilines is 1. The van der Waals surface area contributed by atoms with Crippen LogP contribution in [0, 0.1) is 6.92 Å². The Kier molecular flexibility index (Phi) is 4.98. The zero-order valence-corrected chi connectivity index (χ0v) is 9.64. The summed E-state index contributed by atoms with van der Waals surface area (Å²) in [7, 11) is 0. The lowest BCUT2D eigenvalue weighted by Crippen LogP contribution is -2.14. The van der Waals surface area contributed by atoms with Gasteiger partial charge in [0.15, 0.2) is 0 Å². The van der Waals surface area contributed by atoms with E-state index in [0.29, 0.717) is 5.75 Å². The number of hydrogen-bond acceptors (Lipinski definition) is 2. The van der Waals surface area contributed by atoms with Crippen molar-refractivity contribution in [2.75, 3.05) is 16.8 Å². The third kappa shape index (κ3) is 4.21. The molecule has 0 radical (unpaired) electrons. The molecule has 0 saturated carbocycles. The van der Waals surface area contributed by atoms with Gasteiger partial charge in [0.2, 0.25) is 5.91 Å². The average molecular weight is 221 g/mol. The number of aryl methyl sites for hydroxylation is 1. The molecular formula is C12H15NOS. The first kappa shape index (κ1) is 11.9. The number of hydrogen-bond donors (Lipinski definition) is 1. The number of carbonyl (C=O) groups excluding carboxylic acids is 1. The van der Waals surface area contributed by atoms with Gasteiger partial charge in [0.25, 0.3) is 0 Å². The van der Waals surface area contributed by atoms with Crippen molar-refractivity contribution in [3.05, 3.63) is 42.5 Å². The second-order valence-electron chi connectivity index (χ2n) is 3.17. The molecular weight excluding hydrogens is 206 g/mol. The number of nitrogens with one attached hydrogen (secondary N) is 1. The summed E-state index contributed by atoms with van der Waals surface area (Å²) in [6.45, 7) is 5.58. The summed E-state index contributed by atoms with van der Waals surface area (Å²) in [5.41, 5.74) is 1.97. The minimum Gasteiger partial charge on any atom is -0.325 e. The molecule has 0 heterocycles. The molecule has 0 saturated heterocycles. The van der Waals surface area contributed by atoms with Gasteiger partial charge >= 0.3 is 0 Å². The summed E-state index contributed by atoms with van der Waals surface area (Å²) >= 11 is 1.56.